The minimum atomic E-state index is -0.642. The van der Waals surface area contributed by atoms with Crippen molar-refractivity contribution in [1.29, 1.82) is 0 Å². The fraction of sp³-hybridized carbons (Fsp3) is 0.688. The average molecular weight is 263 g/mol. The minimum Gasteiger partial charge on any atom is -0.481 e. The first kappa shape index (κ1) is 14.2. The van der Waals surface area contributed by atoms with Crippen molar-refractivity contribution in [2.75, 3.05) is 0 Å². The summed E-state index contributed by atoms with van der Waals surface area (Å²) < 4.78 is 2.39. The number of carboxylic acid groups (broad SMARTS) is 1. The van der Waals surface area contributed by atoms with Crippen LogP contribution in [0.2, 0.25) is 0 Å². The molecule has 3 heteroatoms. The maximum absolute atomic E-state index is 11.4. The van der Waals surface area contributed by atoms with Gasteiger partial charge in [-0.05, 0) is 50.2 Å². The molecule has 0 radical (unpaired) electrons. The SMILES string of the molecule is Cc1ccc(C)n1C1CCC(C(=O)O)C(C)(C)C1C. The number of carboxylic acids is 1. The number of hydrogen-bond donors (Lipinski definition) is 1. The number of aliphatic carboxylic acids is 1. The molecule has 1 aliphatic rings. The summed E-state index contributed by atoms with van der Waals surface area (Å²) in [5, 5.41) is 9.41. The van der Waals surface area contributed by atoms with Crippen molar-refractivity contribution in [1.82, 2.24) is 4.57 Å². The monoisotopic (exact) mass is 263 g/mol. The number of aryl methyl sites for hydroxylation is 2. The van der Waals surface area contributed by atoms with Crippen LogP contribution in [-0.4, -0.2) is 15.6 Å². The van der Waals surface area contributed by atoms with Gasteiger partial charge in [0.25, 0.3) is 0 Å². The van der Waals surface area contributed by atoms with Crippen molar-refractivity contribution in [2.45, 2.75) is 53.5 Å². The Morgan fingerprint density at radius 3 is 2.26 bits per heavy atom. The van der Waals surface area contributed by atoms with Gasteiger partial charge in [0.05, 0.1) is 5.92 Å². The number of aromatic nitrogens is 1. The summed E-state index contributed by atoms with van der Waals surface area (Å²) in [5.41, 5.74) is 2.38. The van der Waals surface area contributed by atoms with Gasteiger partial charge in [-0.3, -0.25) is 4.79 Å². The number of hydrogen-bond acceptors (Lipinski definition) is 1. The second-order valence-electron chi connectivity index (χ2n) is 6.63. The topological polar surface area (TPSA) is 42.2 Å². The zero-order chi connectivity index (χ0) is 14.4. The first-order valence-corrected chi connectivity index (χ1v) is 7.14. The third kappa shape index (κ3) is 2.19. The Balaban J connectivity index is 2.35. The van der Waals surface area contributed by atoms with E-state index in [0.29, 0.717) is 12.0 Å². The number of rotatable bonds is 2. The van der Waals surface area contributed by atoms with Crippen molar-refractivity contribution < 1.29 is 9.90 Å². The summed E-state index contributed by atoms with van der Waals surface area (Å²) in [5.74, 6) is -0.515. The maximum Gasteiger partial charge on any atom is 0.307 e. The van der Waals surface area contributed by atoms with Gasteiger partial charge in [-0.15, -0.1) is 0 Å². The summed E-state index contributed by atoms with van der Waals surface area (Å²) in [6.07, 6.45) is 1.73. The Kier molecular flexibility index (Phi) is 3.50. The lowest BCUT2D eigenvalue weighted by Gasteiger charge is -2.47. The molecule has 0 aliphatic heterocycles. The summed E-state index contributed by atoms with van der Waals surface area (Å²) in [4.78, 5) is 11.4. The third-order valence-electron chi connectivity index (χ3n) is 5.36. The van der Waals surface area contributed by atoms with Gasteiger partial charge in [-0.2, -0.15) is 0 Å². The molecule has 0 saturated heterocycles. The van der Waals surface area contributed by atoms with Crippen LogP contribution in [0.3, 0.4) is 0 Å². The molecule has 1 aliphatic carbocycles. The lowest BCUT2D eigenvalue weighted by Crippen LogP contribution is -2.44. The van der Waals surface area contributed by atoms with E-state index < -0.39 is 5.97 Å². The molecule has 19 heavy (non-hydrogen) atoms. The van der Waals surface area contributed by atoms with Crippen molar-refractivity contribution in [2.24, 2.45) is 17.3 Å². The molecule has 1 aromatic rings. The Bertz CT molecular complexity index is 467. The fourth-order valence-electron chi connectivity index (χ4n) is 3.77. The molecule has 0 spiro atoms. The van der Waals surface area contributed by atoms with Gasteiger partial charge in [0.1, 0.15) is 0 Å². The van der Waals surface area contributed by atoms with E-state index in [1.807, 2.05) is 0 Å². The molecule has 1 saturated carbocycles. The van der Waals surface area contributed by atoms with Crippen LogP contribution < -0.4 is 0 Å². The van der Waals surface area contributed by atoms with Gasteiger partial charge in [-0.25, -0.2) is 0 Å². The molecule has 0 amide bonds. The maximum atomic E-state index is 11.4. The molecule has 106 valence electrons. The van der Waals surface area contributed by atoms with Gasteiger partial charge in [0, 0.05) is 17.4 Å². The van der Waals surface area contributed by atoms with Crippen LogP contribution in [0.25, 0.3) is 0 Å². The molecule has 1 heterocycles. The lowest BCUT2D eigenvalue weighted by molar-refractivity contribution is -0.150. The predicted molar refractivity (Wildman–Crippen MR) is 76.2 cm³/mol. The van der Waals surface area contributed by atoms with Crippen molar-refractivity contribution in [3.05, 3.63) is 23.5 Å². The van der Waals surface area contributed by atoms with E-state index in [1.54, 1.807) is 0 Å². The van der Waals surface area contributed by atoms with Gasteiger partial charge >= 0.3 is 5.97 Å². The second kappa shape index (κ2) is 4.69. The fourth-order valence-corrected chi connectivity index (χ4v) is 3.77. The average Bonchev–Trinajstić information content (AvgIpc) is 2.62. The zero-order valence-electron chi connectivity index (χ0n) is 12.6. The van der Waals surface area contributed by atoms with Crippen LogP contribution in [0, 0.1) is 31.1 Å². The van der Waals surface area contributed by atoms with Gasteiger partial charge in [0.2, 0.25) is 0 Å². The Labute approximate surface area is 115 Å². The van der Waals surface area contributed by atoms with Crippen molar-refractivity contribution in [3.8, 4) is 0 Å². The van der Waals surface area contributed by atoms with Crippen LogP contribution in [0.15, 0.2) is 12.1 Å². The highest BCUT2D eigenvalue weighted by Gasteiger charge is 2.47. The largest absolute Gasteiger partial charge is 0.481 e. The van der Waals surface area contributed by atoms with E-state index >= 15 is 0 Å². The first-order chi connectivity index (χ1) is 8.76. The molecule has 3 unspecified atom stereocenters. The van der Waals surface area contributed by atoms with E-state index in [9.17, 15) is 9.90 Å². The Morgan fingerprint density at radius 1 is 1.26 bits per heavy atom. The second-order valence-corrected chi connectivity index (χ2v) is 6.63. The molecule has 1 fully saturated rings. The minimum absolute atomic E-state index is 0.169. The zero-order valence-corrected chi connectivity index (χ0v) is 12.6. The standard InChI is InChI=1S/C16H25NO2/c1-10-6-7-11(2)17(10)14-9-8-13(15(18)19)16(4,5)12(14)3/h6-7,12-14H,8-9H2,1-5H3,(H,18,19). The normalized spacial score (nSPS) is 30.3. The highest BCUT2D eigenvalue weighted by molar-refractivity contribution is 5.71. The number of carbonyl (C=O) groups is 1. The van der Waals surface area contributed by atoms with Gasteiger partial charge in [0.15, 0.2) is 0 Å². The Morgan fingerprint density at radius 2 is 1.79 bits per heavy atom. The van der Waals surface area contributed by atoms with Gasteiger partial charge < -0.3 is 9.67 Å². The molecule has 0 bridgehead atoms. The van der Waals surface area contributed by atoms with E-state index in [4.69, 9.17) is 0 Å². The van der Waals surface area contributed by atoms with Crippen LogP contribution in [-0.2, 0) is 4.79 Å². The molecule has 3 atom stereocenters. The highest BCUT2D eigenvalue weighted by atomic mass is 16.4. The summed E-state index contributed by atoms with van der Waals surface area (Å²) in [6, 6.07) is 4.72. The molecular formula is C16H25NO2. The van der Waals surface area contributed by atoms with E-state index in [0.717, 1.165) is 12.8 Å². The van der Waals surface area contributed by atoms with Crippen LogP contribution in [0.5, 0.6) is 0 Å². The molecule has 3 nitrogen and oxygen atoms in total. The predicted octanol–water partition coefficient (Wildman–Crippen LogP) is 3.80. The van der Waals surface area contributed by atoms with E-state index in [2.05, 4.69) is 51.3 Å². The third-order valence-corrected chi connectivity index (χ3v) is 5.36. The van der Waals surface area contributed by atoms with E-state index in [1.165, 1.54) is 11.4 Å². The van der Waals surface area contributed by atoms with Crippen molar-refractivity contribution >= 4 is 5.97 Å². The van der Waals surface area contributed by atoms with Gasteiger partial charge in [-0.1, -0.05) is 20.8 Å². The molecule has 1 aromatic heterocycles. The van der Waals surface area contributed by atoms with Crippen LogP contribution in [0.1, 0.15) is 51.0 Å². The van der Waals surface area contributed by atoms with Crippen LogP contribution >= 0.6 is 0 Å². The highest BCUT2D eigenvalue weighted by Crippen LogP contribution is 2.50. The molecule has 1 N–H and O–H groups in total. The van der Waals surface area contributed by atoms with Crippen molar-refractivity contribution in [3.63, 3.8) is 0 Å². The summed E-state index contributed by atoms with van der Waals surface area (Å²) in [7, 11) is 0. The molecule has 0 aromatic carbocycles. The summed E-state index contributed by atoms with van der Waals surface area (Å²) >= 11 is 0. The van der Waals surface area contributed by atoms with E-state index in [-0.39, 0.29) is 11.3 Å². The number of nitrogens with zero attached hydrogens (tertiary/aromatic N) is 1. The molecule has 2 rings (SSSR count). The summed E-state index contributed by atoms with van der Waals surface area (Å²) in [6.45, 7) is 10.7. The Hall–Kier alpha value is -1.25. The smallest absolute Gasteiger partial charge is 0.307 e. The lowest BCUT2D eigenvalue weighted by atomic mass is 9.61. The quantitative estimate of drug-likeness (QED) is 0.881. The first-order valence-electron chi connectivity index (χ1n) is 7.14. The van der Waals surface area contributed by atoms with Crippen LogP contribution in [0.4, 0.5) is 0 Å². The molecular weight excluding hydrogens is 238 g/mol.